The molecule has 0 spiro atoms. The first-order valence-corrected chi connectivity index (χ1v) is 12.3. The van der Waals surface area contributed by atoms with Crippen LogP contribution in [0.15, 0.2) is 30.5 Å². The number of nitrogens with one attached hydrogen (secondary N) is 1. The van der Waals surface area contributed by atoms with Crippen molar-refractivity contribution in [2.75, 3.05) is 19.6 Å². The van der Waals surface area contributed by atoms with Gasteiger partial charge in [-0.1, -0.05) is 29.8 Å². The van der Waals surface area contributed by atoms with Gasteiger partial charge in [0.15, 0.2) is 0 Å². The molecule has 3 fully saturated rings. The number of benzene rings is 1. The van der Waals surface area contributed by atoms with Gasteiger partial charge < -0.3 is 5.32 Å². The molecule has 3 aliphatic rings. The zero-order valence-corrected chi connectivity index (χ0v) is 20.1. The third-order valence-corrected chi connectivity index (χ3v) is 8.15. The Kier molecular flexibility index (Phi) is 5.95. The number of carbonyl (C=O) groups excluding carboxylic acids is 2. The summed E-state index contributed by atoms with van der Waals surface area (Å²) >= 11 is 6.49. The maximum Gasteiger partial charge on any atom is 0.325 e. The highest BCUT2D eigenvalue weighted by Crippen LogP contribution is 2.39. The van der Waals surface area contributed by atoms with Gasteiger partial charge in [-0.05, 0) is 69.2 Å². The summed E-state index contributed by atoms with van der Waals surface area (Å²) in [6.45, 7) is 5.26. The second-order valence-corrected chi connectivity index (χ2v) is 10.4. The van der Waals surface area contributed by atoms with Gasteiger partial charge in [0, 0.05) is 42.8 Å². The second kappa shape index (κ2) is 8.76. The minimum absolute atomic E-state index is 0.0686. The maximum absolute atomic E-state index is 13.8. The Morgan fingerprint density at radius 1 is 1.12 bits per heavy atom. The summed E-state index contributed by atoms with van der Waals surface area (Å²) in [5, 5.41) is 8.17. The second-order valence-electron chi connectivity index (χ2n) is 9.96. The van der Waals surface area contributed by atoms with E-state index in [0.29, 0.717) is 23.9 Å². The topological polar surface area (TPSA) is 70.5 Å². The van der Waals surface area contributed by atoms with Crippen LogP contribution >= 0.6 is 11.6 Å². The van der Waals surface area contributed by atoms with Gasteiger partial charge in [-0.25, -0.2) is 4.79 Å². The number of urea groups is 1. The third kappa shape index (κ3) is 4.28. The van der Waals surface area contributed by atoms with Gasteiger partial charge >= 0.3 is 6.03 Å². The van der Waals surface area contributed by atoms with Gasteiger partial charge in [-0.15, -0.1) is 0 Å². The van der Waals surface area contributed by atoms with Crippen molar-refractivity contribution >= 4 is 23.5 Å². The van der Waals surface area contributed by atoms with Crippen molar-refractivity contribution in [2.45, 2.75) is 51.1 Å². The molecular formula is C25H32ClN5O2. The molecule has 0 bridgehead atoms. The fourth-order valence-corrected chi connectivity index (χ4v) is 5.58. The van der Waals surface area contributed by atoms with Crippen LogP contribution in [0.25, 0.3) is 0 Å². The molecule has 0 unspecified atom stereocenters. The van der Waals surface area contributed by atoms with Crippen molar-refractivity contribution in [3.63, 3.8) is 0 Å². The molecule has 33 heavy (non-hydrogen) atoms. The molecule has 1 saturated carbocycles. The minimum atomic E-state index is -0.923. The number of rotatable bonds is 7. The number of aryl methyl sites for hydroxylation is 1. The number of aromatic nitrogens is 2. The summed E-state index contributed by atoms with van der Waals surface area (Å²) in [6.07, 6.45) is 6.28. The average molecular weight is 470 g/mol. The number of nitrogens with zero attached hydrogens (tertiary/aromatic N) is 4. The van der Waals surface area contributed by atoms with E-state index in [0.717, 1.165) is 50.9 Å². The van der Waals surface area contributed by atoms with Crippen LogP contribution in [0, 0.1) is 18.8 Å². The van der Waals surface area contributed by atoms with Crippen molar-refractivity contribution < 1.29 is 9.59 Å². The highest BCUT2D eigenvalue weighted by Gasteiger charge is 2.56. The first-order valence-electron chi connectivity index (χ1n) is 11.9. The normalized spacial score (nSPS) is 24.5. The quantitative estimate of drug-likeness (QED) is 0.630. The number of piperidine rings is 1. The van der Waals surface area contributed by atoms with Crippen molar-refractivity contribution in [3.05, 3.63) is 52.3 Å². The largest absolute Gasteiger partial charge is 0.325 e. The molecule has 8 heteroatoms. The minimum Gasteiger partial charge on any atom is -0.322 e. The molecule has 5 rings (SSSR count). The summed E-state index contributed by atoms with van der Waals surface area (Å²) in [6, 6.07) is 7.41. The maximum atomic E-state index is 13.8. The smallest absolute Gasteiger partial charge is 0.322 e. The van der Waals surface area contributed by atoms with E-state index in [1.807, 2.05) is 42.2 Å². The molecule has 3 heterocycles. The Labute approximate surface area is 200 Å². The van der Waals surface area contributed by atoms with Crippen LogP contribution in [-0.2, 0) is 24.8 Å². The number of halogens is 1. The van der Waals surface area contributed by atoms with E-state index in [4.69, 9.17) is 11.6 Å². The predicted octanol–water partition coefficient (Wildman–Crippen LogP) is 3.54. The summed E-state index contributed by atoms with van der Waals surface area (Å²) in [4.78, 5) is 30.7. The van der Waals surface area contributed by atoms with E-state index in [-0.39, 0.29) is 17.9 Å². The Morgan fingerprint density at radius 3 is 2.48 bits per heavy atom. The predicted molar refractivity (Wildman–Crippen MR) is 127 cm³/mol. The molecule has 0 radical (unpaired) electrons. The number of carbonyl (C=O) groups is 2. The van der Waals surface area contributed by atoms with Gasteiger partial charge in [-0.2, -0.15) is 5.10 Å². The van der Waals surface area contributed by atoms with Crippen LogP contribution in [0.1, 0.15) is 42.5 Å². The zero-order chi connectivity index (χ0) is 23.2. The monoisotopic (exact) mass is 469 g/mol. The highest BCUT2D eigenvalue weighted by atomic mass is 35.5. The lowest BCUT2D eigenvalue weighted by atomic mass is 9.73. The van der Waals surface area contributed by atoms with Crippen LogP contribution in [0.4, 0.5) is 4.79 Å². The summed E-state index contributed by atoms with van der Waals surface area (Å²) in [5.41, 5.74) is 2.41. The Hall–Kier alpha value is -2.38. The lowest BCUT2D eigenvalue weighted by Gasteiger charge is -2.41. The molecule has 3 amide bonds. The first-order chi connectivity index (χ1) is 15.9. The molecule has 2 aliphatic heterocycles. The number of amides is 3. The molecule has 1 aromatic heterocycles. The molecule has 1 N–H and O–H groups in total. The van der Waals surface area contributed by atoms with Crippen LogP contribution < -0.4 is 5.32 Å². The van der Waals surface area contributed by atoms with E-state index in [1.54, 1.807) is 0 Å². The van der Waals surface area contributed by atoms with E-state index >= 15 is 0 Å². The van der Waals surface area contributed by atoms with Gasteiger partial charge in [0.25, 0.3) is 5.91 Å². The highest BCUT2D eigenvalue weighted by molar-refractivity contribution is 6.31. The summed E-state index contributed by atoms with van der Waals surface area (Å²) in [7, 11) is 1.96. The van der Waals surface area contributed by atoms with Crippen molar-refractivity contribution in [1.82, 2.24) is 24.9 Å². The zero-order valence-electron chi connectivity index (χ0n) is 19.4. The van der Waals surface area contributed by atoms with Gasteiger partial charge in [-0.3, -0.25) is 19.3 Å². The summed E-state index contributed by atoms with van der Waals surface area (Å²) < 4.78 is 1.90. The molecule has 1 aromatic carbocycles. The van der Waals surface area contributed by atoms with Crippen molar-refractivity contribution in [2.24, 2.45) is 18.9 Å². The SMILES string of the molecule is Cc1c(CN2CCC([C@]3(Cc4ccccc4Cl)NC(=O)N(CC4CC4)C3=O)CC2)cnn1C. The lowest BCUT2D eigenvalue weighted by Crippen LogP contribution is -2.57. The summed E-state index contributed by atoms with van der Waals surface area (Å²) in [5.74, 6) is 0.460. The van der Waals surface area contributed by atoms with Crippen LogP contribution in [0.2, 0.25) is 5.02 Å². The van der Waals surface area contributed by atoms with Crippen molar-refractivity contribution in [3.8, 4) is 0 Å². The fourth-order valence-electron chi connectivity index (χ4n) is 5.38. The van der Waals surface area contributed by atoms with Crippen LogP contribution in [0.5, 0.6) is 0 Å². The molecule has 2 aromatic rings. The number of hydrogen-bond donors (Lipinski definition) is 1. The first kappa shape index (κ1) is 22.4. The number of imide groups is 1. The van der Waals surface area contributed by atoms with Gasteiger partial charge in [0.05, 0.1) is 6.20 Å². The van der Waals surface area contributed by atoms with E-state index in [2.05, 4.69) is 22.2 Å². The third-order valence-electron chi connectivity index (χ3n) is 7.78. The molecule has 176 valence electrons. The average Bonchev–Trinajstić information content (AvgIpc) is 3.54. The van der Waals surface area contributed by atoms with Crippen LogP contribution in [0.3, 0.4) is 0 Å². The molecular weight excluding hydrogens is 438 g/mol. The van der Waals surface area contributed by atoms with Gasteiger partial charge in [0.1, 0.15) is 5.54 Å². The fraction of sp³-hybridized carbons (Fsp3) is 0.560. The number of likely N-dealkylation sites (tertiary alicyclic amines) is 1. The molecule has 2 saturated heterocycles. The number of hydrogen-bond acceptors (Lipinski definition) is 4. The van der Waals surface area contributed by atoms with E-state index in [1.165, 1.54) is 16.2 Å². The van der Waals surface area contributed by atoms with E-state index < -0.39 is 5.54 Å². The molecule has 1 aliphatic carbocycles. The standard InChI is InChI=1S/C25H32ClN5O2/c1-17-20(14-27-29(17)2)16-30-11-9-21(10-12-30)25(13-19-5-3-4-6-22(19)26)23(32)31(24(33)28-25)15-18-7-8-18/h3-6,14,18,21H,7-13,15-16H2,1-2H3,(H,28,33)/t25-/m0/s1. The van der Waals surface area contributed by atoms with Crippen molar-refractivity contribution in [1.29, 1.82) is 0 Å². The Bertz CT molecular complexity index is 1060. The van der Waals surface area contributed by atoms with E-state index in [9.17, 15) is 9.59 Å². The van der Waals surface area contributed by atoms with Crippen LogP contribution in [-0.4, -0.2) is 56.7 Å². The Balaban J connectivity index is 1.36. The molecule has 7 nitrogen and oxygen atoms in total. The Morgan fingerprint density at radius 2 is 1.85 bits per heavy atom. The van der Waals surface area contributed by atoms with Gasteiger partial charge in [0.2, 0.25) is 0 Å². The molecule has 1 atom stereocenters. The lowest BCUT2D eigenvalue weighted by molar-refractivity contribution is -0.134.